The van der Waals surface area contributed by atoms with Gasteiger partial charge in [0.15, 0.2) is 0 Å². The average molecular weight is 207 g/mol. The van der Waals surface area contributed by atoms with Crippen LogP contribution in [0.15, 0.2) is 24.3 Å². The second-order valence-corrected chi connectivity index (χ2v) is 4.32. The van der Waals surface area contributed by atoms with Crippen molar-refractivity contribution in [3.8, 4) is 0 Å². The third-order valence-electron chi connectivity index (χ3n) is 3.07. The zero-order chi connectivity index (χ0) is 10.5. The number of rotatable bonds is 5. The minimum Gasteiger partial charge on any atom is -0.314 e. The van der Waals surface area contributed by atoms with Gasteiger partial charge in [0.1, 0.15) is 5.82 Å². The highest BCUT2D eigenvalue weighted by Crippen LogP contribution is 2.17. The molecule has 1 nitrogen and oxygen atoms in total. The predicted molar refractivity (Wildman–Crippen MR) is 60.4 cm³/mol. The van der Waals surface area contributed by atoms with E-state index in [1.807, 2.05) is 6.07 Å². The van der Waals surface area contributed by atoms with Crippen LogP contribution in [-0.4, -0.2) is 12.6 Å². The third-order valence-corrected chi connectivity index (χ3v) is 3.07. The van der Waals surface area contributed by atoms with Crippen molar-refractivity contribution >= 4 is 0 Å². The van der Waals surface area contributed by atoms with Gasteiger partial charge in [0.05, 0.1) is 0 Å². The third kappa shape index (κ3) is 3.31. The molecule has 15 heavy (non-hydrogen) atoms. The Hall–Kier alpha value is -0.890. The second-order valence-electron chi connectivity index (χ2n) is 4.32. The SMILES string of the molecule is Fc1cccc(CCCNC2CCC2)c1. The van der Waals surface area contributed by atoms with Gasteiger partial charge in [-0.3, -0.25) is 0 Å². The topological polar surface area (TPSA) is 12.0 Å². The Balaban J connectivity index is 1.64. The molecule has 1 aliphatic carbocycles. The molecule has 0 amide bonds. The van der Waals surface area contributed by atoms with E-state index in [2.05, 4.69) is 5.32 Å². The fourth-order valence-electron chi connectivity index (χ4n) is 1.90. The Bertz CT molecular complexity index is 307. The zero-order valence-electron chi connectivity index (χ0n) is 9.01. The van der Waals surface area contributed by atoms with Crippen molar-refractivity contribution in [2.45, 2.75) is 38.1 Å². The quantitative estimate of drug-likeness (QED) is 0.732. The molecule has 0 radical (unpaired) electrons. The van der Waals surface area contributed by atoms with Crippen LogP contribution >= 0.6 is 0 Å². The molecule has 0 aliphatic heterocycles. The normalized spacial score (nSPS) is 16.3. The largest absolute Gasteiger partial charge is 0.314 e. The van der Waals surface area contributed by atoms with Gasteiger partial charge in [0.2, 0.25) is 0 Å². The molecule has 1 fully saturated rings. The minimum absolute atomic E-state index is 0.126. The summed E-state index contributed by atoms with van der Waals surface area (Å²) >= 11 is 0. The van der Waals surface area contributed by atoms with Crippen molar-refractivity contribution in [2.75, 3.05) is 6.54 Å². The molecular formula is C13H18FN. The van der Waals surface area contributed by atoms with Crippen LogP contribution in [0.1, 0.15) is 31.2 Å². The number of hydrogen-bond donors (Lipinski definition) is 1. The molecule has 2 heteroatoms. The first-order chi connectivity index (χ1) is 7.34. The highest BCUT2D eigenvalue weighted by Gasteiger charge is 2.15. The van der Waals surface area contributed by atoms with Gasteiger partial charge in [-0.1, -0.05) is 18.6 Å². The van der Waals surface area contributed by atoms with Crippen LogP contribution in [0.4, 0.5) is 4.39 Å². The van der Waals surface area contributed by atoms with Crippen molar-refractivity contribution in [3.05, 3.63) is 35.6 Å². The highest BCUT2D eigenvalue weighted by atomic mass is 19.1. The fourth-order valence-corrected chi connectivity index (χ4v) is 1.90. The lowest BCUT2D eigenvalue weighted by Crippen LogP contribution is -2.35. The first-order valence-electron chi connectivity index (χ1n) is 5.82. The van der Waals surface area contributed by atoms with Crippen molar-refractivity contribution in [3.63, 3.8) is 0 Å². The first-order valence-corrected chi connectivity index (χ1v) is 5.82. The predicted octanol–water partition coefficient (Wildman–Crippen LogP) is 2.90. The van der Waals surface area contributed by atoms with Crippen molar-refractivity contribution in [1.29, 1.82) is 0 Å². The van der Waals surface area contributed by atoms with Crippen LogP contribution in [0.3, 0.4) is 0 Å². The van der Waals surface area contributed by atoms with Gasteiger partial charge in [0, 0.05) is 6.04 Å². The lowest BCUT2D eigenvalue weighted by Gasteiger charge is -2.26. The number of aryl methyl sites for hydroxylation is 1. The van der Waals surface area contributed by atoms with Gasteiger partial charge in [-0.05, 0) is 49.9 Å². The second kappa shape index (κ2) is 5.26. The highest BCUT2D eigenvalue weighted by molar-refractivity contribution is 5.16. The molecule has 2 rings (SSSR count). The Kier molecular flexibility index (Phi) is 3.73. The van der Waals surface area contributed by atoms with E-state index in [9.17, 15) is 4.39 Å². The van der Waals surface area contributed by atoms with E-state index in [4.69, 9.17) is 0 Å². The van der Waals surface area contributed by atoms with Crippen LogP contribution in [0.2, 0.25) is 0 Å². The summed E-state index contributed by atoms with van der Waals surface area (Å²) in [5.74, 6) is -0.126. The average Bonchev–Trinajstić information content (AvgIpc) is 2.15. The summed E-state index contributed by atoms with van der Waals surface area (Å²) in [6.45, 7) is 1.06. The van der Waals surface area contributed by atoms with Crippen molar-refractivity contribution in [1.82, 2.24) is 5.32 Å². The summed E-state index contributed by atoms with van der Waals surface area (Å²) < 4.78 is 12.9. The van der Waals surface area contributed by atoms with E-state index in [-0.39, 0.29) is 5.82 Å². The number of hydrogen-bond acceptors (Lipinski definition) is 1. The lowest BCUT2D eigenvalue weighted by atomic mass is 9.93. The van der Waals surface area contributed by atoms with E-state index < -0.39 is 0 Å². The minimum atomic E-state index is -0.126. The number of halogens is 1. The summed E-state index contributed by atoms with van der Waals surface area (Å²) in [5.41, 5.74) is 1.10. The van der Waals surface area contributed by atoms with E-state index in [0.29, 0.717) is 0 Å². The van der Waals surface area contributed by atoms with Gasteiger partial charge >= 0.3 is 0 Å². The molecule has 0 aromatic heterocycles. The fraction of sp³-hybridized carbons (Fsp3) is 0.538. The van der Waals surface area contributed by atoms with Crippen molar-refractivity contribution in [2.24, 2.45) is 0 Å². The standard InChI is InChI=1S/C13H18FN/c14-12-6-1-4-11(10-12)5-3-9-15-13-7-2-8-13/h1,4,6,10,13,15H,2-3,5,7-9H2. The van der Waals surface area contributed by atoms with Gasteiger partial charge in [-0.25, -0.2) is 4.39 Å². The van der Waals surface area contributed by atoms with E-state index in [0.717, 1.165) is 31.0 Å². The van der Waals surface area contributed by atoms with E-state index in [1.54, 1.807) is 12.1 Å². The molecule has 1 aliphatic rings. The van der Waals surface area contributed by atoms with Crippen LogP contribution in [0.25, 0.3) is 0 Å². The first kappa shape index (κ1) is 10.6. The lowest BCUT2D eigenvalue weighted by molar-refractivity contribution is 0.339. The molecule has 1 aromatic carbocycles. The zero-order valence-corrected chi connectivity index (χ0v) is 9.01. The summed E-state index contributed by atoms with van der Waals surface area (Å²) in [7, 11) is 0. The number of nitrogens with one attached hydrogen (secondary N) is 1. The van der Waals surface area contributed by atoms with E-state index >= 15 is 0 Å². The summed E-state index contributed by atoms with van der Waals surface area (Å²) in [6.07, 6.45) is 6.11. The Morgan fingerprint density at radius 2 is 2.20 bits per heavy atom. The van der Waals surface area contributed by atoms with Crippen LogP contribution in [-0.2, 0) is 6.42 Å². The van der Waals surface area contributed by atoms with Gasteiger partial charge in [-0.2, -0.15) is 0 Å². The maximum Gasteiger partial charge on any atom is 0.123 e. The molecule has 82 valence electrons. The van der Waals surface area contributed by atoms with Gasteiger partial charge in [0.25, 0.3) is 0 Å². The Morgan fingerprint density at radius 1 is 1.33 bits per heavy atom. The molecule has 0 bridgehead atoms. The van der Waals surface area contributed by atoms with E-state index in [1.165, 1.54) is 25.3 Å². The molecule has 0 atom stereocenters. The Labute approximate surface area is 90.7 Å². The molecule has 0 unspecified atom stereocenters. The molecule has 0 saturated heterocycles. The summed E-state index contributed by atoms with van der Waals surface area (Å²) in [6, 6.07) is 7.66. The maximum atomic E-state index is 12.9. The Morgan fingerprint density at radius 3 is 2.87 bits per heavy atom. The maximum absolute atomic E-state index is 12.9. The molecule has 1 aromatic rings. The van der Waals surface area contributed by atoms with Crippen LogP contribution in [0.5, 0.6) is 0 Å². The summed E-state index contributed by atoms with van der Waals surface area (Å²) in [5, 5.41) is 3.51. The van der Waals surface area contributed by atoms with Gasteiger partial charge < -0.3 is 5.32 Å². The smallest absolute Gasteiger partial charge is 0.123 e. The molecular weight excluding hydrogens is 189 g/mol. The molecule has 0 heterocycles. The van der Waals surface area contributed by atoms with Crippen LogP contribution in [0, 0.1) is 5.82 Å². The molecule has 1 N–H and O–H groups in total. The molecule has 0 spiro atoms. The monoisotopic (exact) mass is 207 g/mol. The summed E-state index contributed by atoms with van der Waals surface area (Å²) in [4.78, 5) is 0. The van der Waals surface area contributed by atoms with Crippen molar-refractivity contribution < 1.29 is 4.39 Å². The molecule has 1 saturated carbocycles. The number of benzene rings is 1. The van der Waals surface area contributed by atoms with Gasteiger partial charge in [-0.15, -0.1) is 0 Å². The van der Waals surface area contributed by atoms with Crippen LogP contribution < -0.4 is 5.32 Å².